The first-order valence-electron chi connectivity index (χ1n) is 3.59. The highest BCUT2D eigenvalue weighted by Gasteiger charge is 2.08. The second kappa shape index (κ2) is 3.40. The van der Waals surface area contributed by atoms with E-state index in [0.29, 0.717) is 10.2 Å². The maximum Gasteiger partial charge on any atom is 0.335 e. The van der Waals surface area contributed by atoms with Crippen LogP contribution in [0.1, 0.15) is 20.7 Å². The molecule has 68 valence electrons. The van der Waals surface area contributed by atoms with Gasteiger partial charge in [0.05, 0.1) is 11.1 Å². The van der Waals surface area contributed by atoms with E-state index >= 15 is 0 Å². The van der Waals surface area contributed by atoms with Crippen molar-refractivity contribution in [2.45, 2.75) is 0 Å². The minimum Gasteiger partial charge on any atom is -0.478 e. The minimum absolute atomic E-state index is 0.0323. The number of carboxylic acids is 2. The molecule has 0 saturated carbocycles. The second-order valence-corrected chi connectivity index (χ2v) is 3.85. The predicted octanol–water partition coefficient (Wildman–Crippen LogP) is -0.926. The molecule has 1 rings (SSSR count). The molecule has 0 radical (unpaired) electrons. The van der Waals surface area contributed by atoms with E-state index in [-0.39, 0.29) is 11.1 Å². The molecule has 5 heteroatoms. The molecule has 0 unspecified atom stereocenters. The maximum atomic E-state index is 10.6. The molecule has 0 spiro atoms. The highest BCUT2D eigenvalue weighted by Crippen LogP contribution is 2.02. The molecular formula is C8H8O4Si. The summed E-state index contributed by atoms with van der Waals surface area (Å²) in [6.45, 7) is 0. The van der Waals surface area contributed by atoms with Crippen molar-refractivity contribution in [3.8, 4) is 0 Å². The van der Waals surface area contributed by atoms with Crippen LogP contribution in [0.4, 0.5) is 0 Å². The molecule has 0 aliphatic rings. The predicted molar refractivity (Wildman–Crippen MR) is 49.9 cm³/mol. The van der Waals surface area contributed by atoms with Crippen molar-refractivity contribution >= 4 is 27.4 Å². The summed E-state index contributed by atoms with van der Waals surface area (Å²) < 4.78 is 0. The number of rotatable bonds is 2. The van der Waals surface area contributed by atoms with Gasteiger partial charge in [-0.15, -0.1) is 0 Å². The third-order valence-corrected chi connectivity index (χ3v) is 2.15. The van der Waals surface area contributed by atoms with Crippen molar-refractivity contribution in [2.24, 2.45) is 0 Å². The fraction of sp³-hybridized carbons (Fsp3) is 0. The van der Waals surface area contributed by atoms with Gasteiger partial charge in [-0.3, -0.25) is 0 Å². The highest BCUT2D eigenvalue weighted by molar-refractivity contribution is 6.33. The Morgan fingerprint density at radius 3 is 1.69 bits per heavy atom. The lowest BCUT2D eigenvalue weighted by Gasteiger charge is -1.99. The zero-order chi connectivity index (χ0) is 10.0. The van der Waals surface area contributed by atoms with E-state index in [2.05, 4.69) is 0 Å². The van der Waals surface area contributed by atoms with Gasteiger partial charge in [0, 0.05) is 10.2 Å². The van der Waals surface area contributed by atoms with Gasteiger partial charge in [-0.2, -0.15) is 0 Å². The molecule has 0 aliphatic heterocycles. The molecule has 0 aromatic heterocycles. The summed E-state index contributed by atoms with van der Waals surface area (Å²) in [6, 6.07) is 4.13. The molecular weight excluding hydrogens is 188 g/mol. The van der Waals surface area contributed by atoms with E-state index in [4.69, 9.17) is 10.2 Å². The minimum atomic E-state index is -1.10. The van der Waals surface area contributed by atoms with E-state index in [1.807, 2.05) is 0 Å². The fourth-order valence-electron chi connectivity index (χ4n) is 1.03. The topological polar surface area (TPSA) is 74.6 Å². The summed E-state index contributed by atoms with van der Waals surface area (Å²) in [5, 5.41) is 18.0. The summed E-state index contributed by atoms with van der Waals surface area (Å²) in [5.74, 6) is -2.19. The summed E-state index contributed by atoms with van der Waals surface area (Å²) in [6.07, 6.45) is 0. The lowest BCUT2D eigenvalue weighted by molar-refractivity contribution is 0.0696. The molecule has 1 aromatic rings. The van der Waals surface area contributed by atoms with Gasteiger partial charge in [-0.05, 0) is 18.2 Å². The third kappa shape index (κ3) is 2.16. The van der Waals surface area contributed by atoms with E-state index in [1.165, 1.54) is 12.1 Å². The van der Waals surface area contributed by atoms with Gasteiger partial charge in [0.1, 0.15) is 0 Å². The number of carbonyl (C=O) groups is 2. The van der Waals surface area contributed by atoms with Crippen LogP contribution in [0, 0.1) is 0 Å². The van der Waals surface area contributed by atoms with E-state index in [1.54, 1.807) is 0 Å². The Morgan fingerprint density at radius 1 is 1.00 bits per heavy atom. The van der Waals surface area contributed by atoms with Crippen LogP contribution in [0.5, 0.6) is 0 Å². The van der Waals surface area contributed by atoms with Crippen LogP contribution in [-0.4, -0.2) is 32.4 Å². The van der Waals surface area contributed by atoms with Gasteiger partial charge >= 0.3 is 11.9 Å². The molecule has 13 heavy (non-hydrogen) atoms. The molecule has 0 amide bonds. The van der Waals surface area contributed by atoms with E-state index < -0.39 is 11.9 Å². The number of carboxylic acid groups (broad SMARTS) is 2. The smallest absolute Gasteiger partial charge is 0.335 e. The molecule has 0 fully saturated rings. The van der Waals surface area contributed by atoms with Crippen molar-refractivity contribution in [1.29, 1.82) is 0 Å². The lowest BCUT2D eigenvalue weighted by atomic mass is 10.1. The molecule has 0 saturated heterocycles. The van der Waals surface area contributed by atoms with Crippen LogP contribution in [-0.2, 0) is 0 Å². The fourth-order valence-corrected chi connectivity index (χ4v) is 1.65. The molecule has 0 heterocycles. The SMILES string of the molecule is O=C(O)c1cc([SiH3])cc(C(=O)O)c1. The Labute approximate surface area is 77.2 Å². The molecule has 0 aliphatic carbocycles. The summed E-state index contributed by atoms with van der Waals surface area (Å²) in [4.78, 5) is 21.1. The molecule has 1 aromatic carbocycles. The first-order valence-corrected chi connectivity index (χ1v) is 4.59. The Hall–Kier alpha value is -1.62. The van der Waals surface area contributed by atoms with Gasteiger partial charge in [-0.1, -0.05) is 5.19 Å². The van der Waals surface area contributed by atoms with Crippen molar-refractivity contribution in [1.82, 2.24) is 0 Å². The Kier molecular flexibility index (Phi) is 2.48. The normalized spacial score (nSPS) is 9.85. The second-order valence-electron chi connectivity index (χ2n) is 2.70. The van der Waals surface area contributed by atoms with Crippen LogP contribution in [0.3, 0.4) is 0 Å². The largest absolute Gasteiger partial charge is 0.478 e. The zero-order valence-electron chi connectivity index (χ0n) is 6.94. The maximum absolute atomic E-state index is 10.6. The summed E-state index contributed by atoms with van der Waals surface area (Å²) in [7, 11) is 0.636. The Bertz CT molecular complexity index is 340. The van der Waals surface area contributed by atoms with Crippen molar-refractivity contribution in [3.63, 3.8) is 0 Å². The van der Waals surface area contributed by atoms with Gasteiger partial charge in [0.2, 0.25) is 0 Å². The first kappa shape index (κ1) is 9.46. The molecule has 2 N–H and O–H groups in total. The van der Waals surface area contributed by atoms with Crippen LogP contribution >= 0.6 is 0 Å². The molecule has 0 atom stereocenters. The molecule has 4 nitrogen and oxygen atoms in total. The van der Waals surface area contributed by atoms with Gasteiger partial charge in [-0.25, -0.2) is 9.59 Å². The zero-order valence-corrected chi connectivity index (χ0v) is 8.94. The monoisotopic (exact) mass is 196 g/mol. The molecule has 0 bridgehead atoms. The standard InChI is InChI=1S/C8H8O4Si/c9-7(10)4-1-5(8(11)12)3-6(13)2-4/h1-3H,13H3,(H,9,10)(H,11,12). The average molecular weight is 196 g/mol. The highest BCUT2D eigenvalue weighted by atomic mass is 28.1. The van der Waals surface area contributed by atoms with Crippen LogP contribution in [0.2, 0.25) is 0 Å². The van der Waals surface area contributed by atoms with E-state index in [0.717, 1.165) is 11.3 Å². The van der Waals surface area contributed by atoms with Crippen molar-refractivity contribution < 1.29 is 19.8 Å². The van der Waals surface area contributed by atoms with Gasteiger partial charge in [0.15, 0.2) is 0 Å². The van der Waals surface area contributed by atoms with Crippen LogP contribution < -0.4 is 5.19 Å². The summed E-state index contributed by atoms with van der Waals surface area (Å²) in [5.41, 5.74) is 0.0646. The van der Waals surface area contributed by atoms with Gasteiger partial charge in [0.25, 0.3) is 0 Å². The van der Waals surface area contributed by atoms with Crippen LogP contribution in [0.25, 0.3) is 0 Å². The van der Waals surface area contributed by atoms with Crippen molar-refractivity contribution in [2.75, 3.05) is 0 Å². The van der Waals surface area contributed by atoms with Crippen molar-refractivity contribution in [3.05, 3.63) is 29.3 Å². The number of aromatic carboxylic acids is 2. The Balaban J connectivity index is 3.26. The Morgan fingerprint density at radius 2 is 1.38 bits per heavy atom. The third-order valence-electron chi connectivity index (χ3n) is 1.57. The number of hydrogen-bond donors (Lipinski definition) is 2. The number of hydrogen-bond acceptors (Lipinski definition) is 2. The lowest BCUT2D eigenvalue weighted by Crippen LogP contribution is -2.11. The average Bonchev–Trinajstić information content (AvgIpc) is 2.03. The first-order chi connectivity index (χ1) is 6.00. The van der Waals surface area contributed by atoms with Crippen LogP contribution in [0.15, 0.2) is 18.2 Å². The quantitative estimate of drug-likeness (QED) is 0.599. The summed E-state index contributed by atoms with van der Waals surface area (Å²) >= 11 is 0. The van der Waals surface area contributed by atoms with E-state index in [9.17, 15) is 9.59 Å². The van der Waals surface area contributed by atoms with Gasteiger partial charge < -0.3 is 10.2 Å². The number of benzene rings is 1.